The first-order valence-electron chi connectivity index (χ1n) is 7.44. The molecule has 5 nitrogen and oxygen atoms in total. The Labute approximate surface area is 161 Å². The van der Waals surface area contributed by atoms with Crippen LogP contribution in [0.4, 0.5) is 5.69 Å². The number of rotatable bonds is 5. The van der Waals surface area contributed by atoms with E-state index in [0.717, 1.165) is 5.56 Å². The number of benzene rings is 2. The number of para-hydroxylation sites is 1. The van der Waals surface area contributed by atoms with Gasteiger partial charge in [0.1, 0.15) is 17.7 Å². The normalized spacial score (nSPS) is 10.6. The number of nitrogens with zero attached hydrogens (tertiary/aromatic N) is 2. The Kier molecular flexibility index (Phi) is 6.63. The zero-order valence-corrected chi connectivity index (χ0v) is 15.2. The maximum Gasteiger partial charge on any atom is 0.266 e. The van der Waals surface area contributed by atoms with Crippen molar-refractivity contribution in [1.29, 1.82) is 10.5 Å². The third kappa shape index (κ3) is 4.77. The van der Waals surface area contributed by atoms with Crippen molar-refractivity contribution in [3.05, 3.63) is 63.1 Å². The second-order valence-corrected chi connectivity index (χ2v) is 6.01. The van der Waals surface area contributed by atoms with Gasteiger partial charge in [-0.25, -0.2) is 0 Å². The molecule has 1 amide bonds. The van der Waals surface area contributed by atoms with E-state index in [0.29, 0.717) is 11.3 Å². The number of ether oxygens (including phenoxy) is 1. The molecule has 0 spiro atoms. The molecule has 2 rings (SSSR count). The van der Waals surface area contributed by atoms with Crippen molar-refractivity contribution in [3.8, 4) is 17.9 Å². The van der Waals surface area contributed by atoms with Gasteiger partial charge in [0.2, 0.25) is 0 Å². The Morgan fingerprint density at radius 1 is 1.23 bits per heavy atom. The molecular weight excluding hydrogens is 373 g/mol. The molecule has 0 atom stereocenters. The summed E-state index contributed by atoms with van der Waals surface area (Å²) in [6, 6.07) is 13.9. The molecule has 26 heavy (non-hydrogen) atoms. The molecule has 2 aromatic rings. The van der Waals surface area contributed by atoms with Crippen molar-refractivity contribution in [2.24, 2.45) is 0 Å². The highest BCUT2D eigenvalue weighted by atomic mass is 35.5. The number of hydrogen-bond donors (Lipinski definition) is 1. The van der Waals surface area contributed by atoms with Gasteiger partial charge in [0.25, 0.3) is 5.91 Å². The number of carbonyl (C=O) groups is 1. The van der Waals surface area contributed by atoms with E-state index in [-0.39, 0.29) is 28.0 Å². The molecule has 0 aliphatic rings. The van der Waals surface area contributed by atoms with E-state index in [2.05, 4.69) is 5.32 Å². The zero-order chi connectivity index (χ0) is 19.1. The van der Waals surface area contributed by atoms with Crippen LogP contribution in [-0.2, 0) is 4.79 Å². The van der Waals surface area contributed by atoms with Gasteiger partial charge in [0.15, 0.2) is 12.4 Å². The van der Waals surface area contributed by atoms with Gasteiger partial charge >= 0.3 is 0 Å². The van der Waals surface area contributed by atoms with Crippen LogP contribution in [0.1, 0.15) is 11.1 Å². The van der Waals surface area contributed by atoms with E-state index in [1.165, 1.54) is 18.2 Å². The Morgan fingerprint density at radius 3 is 2.46 bits per heavy atom. The summed E-state index contributed by atoms with van der Waals surface area (Å²) in [7, 11) is 0. The first-order chi connectivity index (χ1) is 12.5. The predicted octanol–water partition coefficient (Wildman–Crippen LogP) is 4.75. The Morgan fingerprint density at radius 2 is 1.88 bits per heavy atom. The van der Waals surface area contributed by atoms with Crippen LogP contribution < -0.4 is 10.1 Å². The quantitative estimate of drug-likeness (QED) is 0.594. The minimum atomic E-state index is -0.543. The smallest absolute Gasteiger partial charge is 0.266 e. The second kappa shape index (κ2) is 8.92. The van der Waals surface area contributed by atoms with E-state index in [4.69, 9.17) is 33.2 Å². The van der Waals surface area contributed by atoms with Gasteiger partial charge in [-0.2, -0.15) is 10.5 Å². The second-order valence-electron chi connectivity index (χ2n) is 5.20. The van der Waals surface area contributed by atoms with Crippen molar-refractivity contribution in [2.45, 2.75) is 6.92 Å². The minimum Gasteiger partial charge on any atom is -0.476 e. The number of nitrogens with one attached hydrogen (secondary N) is 1. The van der Waals surface area contributed by atoms with Crippen molar-refractivity contribution < 1.29 is 9.53 Å². The third-order valence-corrected chi connectivity index (χ3v) is 3.93. The molecule has 0 heterocycles. The first-order valence-corrected chi connectivity index (χ1v) is 8.19. The molecular formula is C19H13Cl2N3O2. The summed E-state index contributed by atoms with van der Waals surface area (Å²) >= 11 is 12.2. The summed E-state index contributed by atoms with van der Waals surface area (Å²) in [4.78, 5) is 12.3. The standard InChI is InChI=1S/C19H13Cl2N3O2/c1-12-4-2-3-5-17(12)24-19(25)14(11-23)8-13-9-15(20)18(16(21)10-13)26-7-6-22/h2-5,8-10H,7H2,1H3,(H,24,25)/b14-8-. The Hall–Kier alpha value is -2.99. The van der Waals surface area contributed by atoms with Gasteiger partial charge < -0.3 is 10.1 Å². The molecule has 0 aliphatic carbocycles. The van der Waals surface area contributed by atoms with Gasteiger partial charge in [-0.15, -0.1) is 0 Å². The largest absolute Gasteiger partial charge is 0.476 e. The number of nitriles is 2. The number of amides is 1. The summed E-state index contributed by atoms with van der Waals surface area (Å²) in [5.41, 5.74) is 1.85. The summed E-state index contributed by atoms with van der Waals surface area (Å²) < 4.78 is 5.15. The van der Waals surface area contributed by atoms with Crippen LogP contribution in [0.3, 0.4) is 0 Å². The van der Waals surface area contributed by atoms with Gasteiger partial charge in [0.05, 0.1) is 10.0 Å². The van der Waals surface area contributed by atoms with Crippen LogP contribution in [0, 0.1) is 29.6 Å². The fraction of sp³-hybridized carbons (Fsp3) is 0.105. The average Bonchev–Trinajstić information content (AvgIpc) is 2.61. The lowest BCUT2D eigenvalue weighted by Crippen LogP contribution is -2.14. The van der Waals surface area contributed by atoms with Crippen LogP contribution >= 0.6 is 23.2 Å². The van der Waals surface area contributed by atoms with E-state index in [1.807, 2.05) is 31.2 Å². The first kappa shape index (κ1) is 19.3. The summed E-state index contributed by atoms with van der Waals surface area (Å²) in [5.74, 6) is -0.367. The molecule has 0 aliphatic heterocycles. The van der Waals surface area contributed by atoms with E-state index in [1.54, 1.807) is 12.1 Å². The predicted molar refractivity (Wildman–Crippen MR) is 101 cm³/mol. The highest BCUT2D eigenvalue weighted by molar-refractivity contribution is 6.37. The average molecular weight is 386 g/mol. The molecule has 0 bridgehead atoms. The topological polar surface area (TPSA) is 85.9 Å². The van der Waals surface area contributed by atoms with Crippen molar-refractivity contribution in [1.82, 2.24) is 0 Å². The molecule has 2 aromatic carbocycles. The summed E-state index contributed by atoms with van der Waals surface area (Å²) in [6.45, 7) is 1.65. The lowest BCUT2D eigenvalue weighted by Gasteiger charge is -2.09. The maximum atomic E-state index is 12.3. The molecule has 0 aromatic heterocycles. The molecule has 1 N–H and O–H groups in total. The molecule has 0 fully saturated rings. The molecule has 0 radical (unpaired) electrons. The highest BCUT2D eigenvalue weighted by Gasteiger charge is 2.13. The lowest BCUT2D eigenvalue weighted by molar-refractivity contribution is -0.112. The highest BCUT2D eigenvalue weighted by Crippen LogP contribution is 2.34. The molecule has 7 heteroatoms. The van der Waals surface area contributed by atoms with Gasteiger partial charge in [-0.05, 0) is 42.3 Å². The van der Waals surface area contributed by atoms with Crippen LogP contribution in [0.15, 0.2) is 42.0 Å². The molecule has 130 valence electrons. The zero-order valence-electron chi connectivity index (χ0n) is 13.7. The number of aryl methyl sites for hydroxylation is 1. The summed E-state index contributed by atoms with van der Waals surface area (Å²) in [5, 5.41) is 20.9. The minimum absolute atomic E-state index is 0.105. The molecule has 0 unspecified atom stereocenters. The number of halogens is 2. The van der Waals surface area contributed by atoms with E-state index < -0.39 is 5.91 Å². The van der Waals surface area contributed by atoms with Crippen molar-refractivity contribution >= 4 is 40.9 Å². The Balaban J connectivity index is 2.28. The summed E-state index contributed by atoms with van der Waals surface area (Å²) in [6.07, 6.45) is 1.37. The maximum absolute atomic E-state index is 12.3. The lowest BCUT2D eigenvalue weighted by atomic mass is 10.1. The van der Waals surface area contributed by atoms with Crippen LogP contribution in [-0.4, -0.2) is 12.5 Å². The molecule has 0 saturated heterocycles. The van der Waals surface area contributed by atoms with E-state index >= 15 is 0 Å². The number of hydrogen-bond acceptors (Lipinski definition) is 4. The third-order valence-electron chi connectivity index (χ3n) is 3.37. The van der Waals surface area contributed by atoms with E-state index in [9.17, 15) is 10.1 Å². The van der Waals surface area contributed by atoms with Crippen molar-refractivity contribution in [2.75, 3.05) is 11.9 Å². The van der Waals surface area contributed by atoms with Crippen LogP contribution in [0.5, 0.6) is 5.75 Å². The fourth-order valence-corrected chi connectivity index (χ4v) is 2.74. The van der Waals surface area contributed by atoms with Gasteiger partial charge in [0, 0.05) is 5.69 Å². The van der Waals surface area contributed by atoms with Gasteiger partial charge in [-0.1, -0.05) is 41.4 Å². The van der Waals surface area contributed by atoms with Crippen molar-refractivity contribution in [3.63, 3.8) is 0 Å². The fourth-order valence-electron chi connectivity index (χ4n) is 2.12. The molecule has 0 saturated carbocycles. The number of anilines is 1. The van der Waals surface area contributed by atoms with Crippen LogP contribution in [0.25, 0.3) is 6.08 Å². The monoisotopic (exact) mass is 385 g/mol. The Bertz CT molecular complexity index is 933. The van der Waals surface area contributed by atoms with Gasteiger partial charge in [-0.3, -0.25) is 4.79 Å². The number of carbonyl (C=O) groups excluding carboxylic acids is 1. The SMILES string of the molecule is Cc1ccccc1NC(=O)/C(C#N)=C\c1cc(Cl)c(OCC#N)c(Cl)c1. The van der Waals surface area contributed by atoms with Crippen LogP contribution in [0.2, 0.25) is 10.0 Å².